The SMILES string of the molecule is CNC(=O)OCCNc1ccc2ncc(-c3ccc(C(C)=O)s3)n2n1. The smallest absolute Gasteiger partial charge is 0.406 e. The summed E-state index contributed by atoms with van der Waals surface area (Å²) >= 11 is 1.41. The van der Waals surface area contributed by atoms with Gasteiger partial charge in [-0.1, -0.05) is 0 Å². The summed E-state index contributed by atoms with van der Waals surface area (Å²) in [5.41, 5.74) is 1.53. The van der Waals surface area contributed by atoms with Gasteiger partial charge in [-0.25, -0.2) is 14.3 Å². The maximum Gasteiger partial charge on any atom is 0.406 e. The average molecular weight is 359 g/mol. The summed E-state index contributed by atoms with van der Waals surface area (Å²) in [5, 5.41) is 9.98. The van der Waals surface area contributed by atoms with Crippen LogP contribution in [0.1, 0.15) is 16.6 Å². The summed E-state index contributed by atoms with van der Waals surface area (Å²) in [4.78, 5) is 28.4. The van der Waals surface area contributed by atoms with Crippen molar-refractivity contribution in [2.45, 2.75) is 6.92 Å². The third kappa shape index (κ3) is 3.77. The van der Waals surface area contributed by atoms with E-state index in [-0.39, 0.29) is 12.4 Å². The Hall–Kier alpha value is -2.94. The molecule has 0 spiro atoms. The molecule has 130 valence electrons. The molecule has 3 aromatic rings. The molecule has 0 unspecified atom stereocenters. The number of carbonyl (C=O) groups is 2. The second-order valence-corrected chi connectivity index (χ2v) is 6.25. The molecule has 1 amide bonds. The molecule has 0 radical (unpaired) electrons. The molecule has 0 aromatic carbocycles. The van der Waals surface area contributed by atoms with Crippen molar-refractivity contribution in [2.24, 2.45) is 0 Å². The van der Waals surface area contributed by atoms with E-state index < -0.39 is 6.09 Å². The zero-order chi connectivity index (χ0) is 17.8. The van der Waals surface area contributed by atoms with Crippen molar-refractivity contribution >= 4 is 34.7 Å². The quantitative estimate of drug-likeness (QED) is 0.518. The van der Waals surface area contributed by atoms with Gasteiger partial charge in [0.2, 0.25) is 0 Å². The lowest BCUT2D eigenvalue weighted by atomic mass is 10.3. The van der Waals surface area contributed by atoms with Gasteiger partial charge in [-0.3, -0.25) is 4.79 Å². The van der Waals surface area contributed by atoms with Gasteiger partial charge in [0.25, 0.3) is 0 Å². The van der Waals surface area contributed by atoms with E-state index in [0.29, 0.717) is 22.9 Å². The first-order valence-corrected chi connectivity index (χ1v) is 8.44. The number of carbonyl (C=O) groups excluding carboxylic acids is 2. The van der Waals surface area contributed by atoms with Crippen molar-refractivity contribution in [1.82, 2.24) is 19.9 Å². The van der Waals surface area contributed by atoms with Gasteiger partial charge in [-0.2, -0.15) is 0 Å². The summed E-state index contributed by atoms with van der Waals surface area (Å²) in [6, 6.07) is 7.35. The topological polar surface area (TPSA) is 97.6 Å². The molecule has 2 N–H and O–H groups in total. The number of imidazole rings is 1. The average Bonchev–Trinajstić information content (AvgIpc) is 3.24. The van der Waals surface area contributed by atoms with Crippen molar-refractivity contribution in [1.29, 1.82) is 0 Å². The number of aromatic nitrogens is 3. The molecule has 0 aliphatic heterocycles. The van der Waals surface area contributed by atoms with Crippen LogP contribution in [0.4, 0.5) is 10.6 Å². The summed E-state index contributed by atoms with van der Waals surface area (Å²) in [6.07, 6.45) is 1.26. The van der Waals surface area contributed by atoms with Crippen molar-refractivity contribution < 1.29 is 14.3 Å². The summed E-state index contributed by atoms with van der Waals surface area (Å²) in [5.74, 6) is 0.673. The zero-order valence-corrected chi connectivity index (χ0v) is 14.6. The number of ketones is 1. The molecular weight excluding hydrogens is 342 g/mol. The highest BCUT2D eigenvalue weighted by Crippen LogP contribution is 2.28. The van der Waals surface area contributed by atoms with Crippen molar-refractivity contribution in [3.63, 3.8) is 0 Å². The number of alkyl carbamates (subject to hydrolysis) is 1. The Morgan fingerprint density at radius 1 is 1.28 bits per heavy atom. The van der Waals surface area contributed by atoms with E-state index in [0.717, 1.165) is 10.6 Å². The first-order chi connectivity index (χ1) is 12.1. The van der Waals surface area contributed by atoms with Gasteiger partial charge < -0.3 is 15.4 Å². The summed E-state index contributed by atoms with van der Waals surface area (Å²) in [6.45, 7) is 2.21. The Bertz CT molecular complexity index is 918. The highest BCUT2D eigenvalue weighted by Gasteiger charge is 2.12. The Morgan fingerprint density at radius 3 is 2.84 bits per heavy atom. The molecule has 9 heteroatoms. The summed E-state index contributed by atoms with van der Waals surface area (Å²) < 4.78 is 6.63. The molecule has 3 rings (SSSR count). The number of hydrogen-bond donors (Lipinski definition) is 2. The Balaban J connectivity index is 1.77. The Morgan fingerprint density at radius 2 is 2.12 bits per heavy atom. The second kappa shape index (κ2) is 7.31. The van der Waals surface area contributed by atoms with Gasteiger partial charge in [0.05, 0.1) is 22.5 Å². The molecule has 3 aromatic heterocycles. The number of rotatable bonds is 6. The predicted molar refractivity (Wildman–Crippen MR) is 95.2 cm³/mol. The van der Waals surface area contributed by atoms with Crippen LogP contribution in [0.25, 0.3) is 16.2 Å². The Kier molecular flexibility index (Phi) is 4.94. The molecule has 3 heterocycles. The van der Waals surface area contributed by atoms with Gasteiger partial charge in [-0.15, -0.1) is 16.4 Å². The van der Waals surface area contributed by atoms with E-state index in [4.69, 9.17) is 4.74 Å². The number of thiophene rings is 1. The highest BCUT2D eigenvalue weighted by molar-refractivity contribution is 7.17. The zero-order valence-electron chi connectivity index (χ0n) is 13.8. The third-order valence-corrected chi connectivity index (χ3v) is 4.62. The number of nitrogens with zero attached hydrogens (tertiary/aromatic N) is 3. The van der Waals surface area contributed by atoms with E-state index in [2.05, 4.69) is 20.7 Å². The van der Waals surface area contributed by atoms with E-state index in [1.54, 1.807) is 29.8 Å². The molecule has 0 aliphatic carbocycles. The maximum atomic E-state index is 11.5. The fourth-order valence-corrected chi connectivity index (χ4v) is 3.09. The van der Waals surface area contributed by atoms with Crippen LogP contribution in [-0.4, -0.2) is 46.7 Å². The minimum absolute atomic E-state index is 0.0384. The molecule has 0 bridgehead atoms. The van der Waals surface area contributed by atoms with Crippen LogP contribution in [0.2, 0.25) is 0 Å². The number of hydrogen-bond acceptors (Lipinski definition) is 7. The van der Waals surface area contributed by atoms with Crippen molar-refractivity contribution in [3.05, 3.63) is 35.3 Å². The number of ether oxygens (including phenoxy) is 1. The lowest BCUT2D eigenvalue weighted by Crippen LogP contribution is -2.22. The minimum Gasteiger partial charge on any atom is -0.448 e. The van der Waals surface area contributed by atoms with Crippen LogP contribution >= 0.6 is 11.3 Å². The van der Waals surface area contributed by atoms with E-state index in [1.807, 2.05) is 12.1 Å². The van der Waals surface area contributed by atoms with Crippen LogP contribution in [0.3, 0.4) is 0 Å². The maximum absolute atomic E-state index is 11.5. The number of amides is 1. The van der Waals surface area contributed by atoms with Crippen molar-refractivity contribution in [3.8, 4) is 10.6 Å². The minimum atomic E-state index is -0.471. The van der Waals surface area contributed by atoms with E-state index >= 15 is 0 Å². The van der Waals surface area contributed by atoms with E-state index in [1.165, 1.54) is 18.4 Å². The van der Waals surface area contributed by atoms with Crippen molar-refractivity contribution in [2.75, 3.05) is 25.5 Å². The lowest BCUT2D eigenvalue weighted by molar-refractivity contribution is 0.102. The number of anilines is 1. The second-order valence-electron chi connectivity index (χ2n) is 5.16. The first kappa shape index (κ1) is 16.9. The van der Waals surface area contributed by atoms with Gasteiger partial charge in [-0.05, 0) is 31.2 Å². The van der Waals surface area contributed by atoms with Gasteiger partial charge in [0.15, 0.2) is 11.4 Å². The fraction of sp³-hybridized carbons (Fsp3) is 0.250. The fourth-order valence-electron chi connectivity index (χ4n) is 2.20. The molecule has 0 aliphatic rings. The van der Waals surface area contributed by atoms with Crippen LogP contribution < -0.4 is 10.6 Å². The Labute approximate surface area is 147 Å². The van der Waals surface area contributed by atoms with Gasteiger partial charge >= 0.3 is 6.09 Å². The molecule has 0 saturated carbocycles. The van der Waals surface area contributed by atoms with E-state index in [9.17, 15) is 9.59 Å². The third-order valence-electron chi connectivity index (χ3n) is 3.41. The largest absolute Gasteiger partial charge is 0.448 e. The number of Topliss-reactive ketones (excluding diaryl/α,β-unsaturated/α-hetero) is 1. The molecule has 8 nitrogen and oxygen atoms in total. The molecular formula is C16H17N5O3S. The lowest BCUT2D eigenvalue weighted by Gasteiger charge is -2.07. The molecule has 25 heavy (non-hydrogen) atoms. The number of fused-ring (bicyclic) bond motifs is 1. The monoisotopic (exact) mass is 359 g/mol. The number of nitrogens with one attached hydrogen (secondary N) is 2. The van der Waals surface area contributed by atoms with Crippen LogP contribution in [-0.2, 0) is 4.74 Å². The predicted octanol–water partition coefficient (Wildman–Crippen LogP) is 2.43. The van der Waals surface area contributed by atoms with Crippen LogP contribution in [0, 0.1) is 0 Å². The summed E-state index contributed by atoms with van der Waals surface area (Å²) in [7, 11) is 1.51. The molecule has 0 atom stereocenters. The standard InChI is InChI=1S/C16H17N5O3S/c1-10(22)12-3-4-13(25-12)11-9-19-15-6-5-14(20-21(11)15)18-7-8-24-16(23)17-2/h3-6,9H,7-8H2,1-2H3,(H,17,23)(H,18,20). The van der Waals surface area contributed by atoms with Gasteiger partial charge in [0, 0.05) is 7.05 Å². The normalized spacial score (nSPS) is 10.6. The first-order valence-electron chi connectivity index (χ1n) is 7.63. The highest BCUT2D eigenvalue weighted by atomic mass is 32.1. The molecule has 0 saturated heterocycles. The van der Waals surface area contributed by atoms with Crippen LogP contribution in [0.15, 0.2) is 30.5 Å². The molecule has 0 fully saturated rings. The van der Waals surface area contributed by atoms with Crippen LogP contribution in [0.5, 0.6) is 0 Å². The van der Waals surface area contributed by atoms with Gasteiger partial charge in [0.1, 0.15) is 18.1 Å².